The molecule has 1 aromatic carbocycles. The Morgan fingerprint density at radius 2 is 2.14 bits per heavy atom. The molecule has 4 nitrogen and oxygen atoms in total. The standard InChI is InChI=1S/C8H9FN2O2.ClH/c9-7-2-1-6(3-4-10)5-8(7)11(12)13;/h1-2,5H,3-4,10H2;1H. The van der Waals surface area contributed by atoms with Crippen LogP contribution in [0.25, 0.3) is 0 Å². The Hall–Kier alpha value is -1.20. The highest BCUT2D eigenvalue weighted by Gasteiger charge is 2.13. The number of hydrogen-bond acceptors (Lipinski definition) is 3. The van der Waals surface area contributed by atoms with Crippen LogP contribution in [0.5, 0.6) is 0 Å². The minimum absolute atomic E-state index is 0. The summed E-state index contributed by atoms with van der Waals surface area (Å²) in [4.78, 5) is 9.57. The molecule has 0 heterocycles. The molecule has 0 saturated heterocycles. The number of halogens is 2. The van der Waals surface area contributed by atoms with E-state index in [0.29, 0.717) is 18.5 Å². The van der Waals surface area contributed by atoms with Gasteiger partial charge < -0.3 is 5.73 Å². The highest BCUT2D eigenvalue weighted by atomic mass is 35.5. The largest absolute Gasteiger partial charge is 0.330 e. The van der Waals surface area contributed by atoms with E-state index in [2.05, 4.69) is 0 Å². The summed E-state index contributed by atoms with van der Waals surface area (Å²) in [5.41, 5.74) is 5.44. The Morgan fingerprint density at radius 1 is 1.50 bits per heavy atom. The van der Waals surface area contributed by atoms with Crippen molar-refractivity contribution in [2.75, 3.05) is 6.54 Å². The van der Waals surface area contributed by atoms with E-state index in [4.69, 9.17) is 5.73 Å². The molecule has 14 heavy (non-hydrogen) atoms. The van der Waals surface area contributed by atoms with Gasteiger partial charge in [-0.25, -0.2) is 0 Å². The minimum atomic E-state index is -0.814. The number of benzene rings is 1. The molecule has 0 aliphatic rings. The highest BCUT2D eigenvalue weighted by molar-refractivity contribution is 5.85. The first kappa shape index (κ1) is 12.8. The van der Waals surface area contributed by atoms with E-state index in [0.717, 1.165) is 6.07 Å². The van der Waals surface area contributed by atoms with Crippen LogP contribution in [0, 0.1) is 15.9 Å². The lowest BCUT2D eigenvalue weighted by molar-refractivity contribution is -0.387. The predicted octanol–water partition coefficient (Wildman–Crippen LogP) is 1.66. The Kier molecular flexibility index (Phi) is 5.04. The van der Waals surface area contributed by atoms with Crippen molar-refractivity contribution in [3.05, 3.63) is 39.7 Å². The number of hydrogen-bond donors (Lipinski definition) is 1. The highest BCUT2D eigenvalue weighted by Crippen LogP contribution is 2.18. The number of nitro benzene ring substituents is 1. The van der Waals surface area contributed by atoms with E-state index >= 15 is 0 Å². The molecule has 0 fully saturated rings. The average molecular weight is 221 g/mol. The molecular weight excluding hydrogens is 211 g/mol. The molecule has 0 amide bonds. The van der Waals surface area contributed by atoms with Crippen molar-refractivity contribution in [1.29, 1.82) is 0 Å². The third kappa shape index (κ3) is 2.93. The summed E-state index contributed by atoms with van der Waals surface area (Å²) in [6, 6.07) is 3.79. The maximum absolute atomic E-state index is 12.8. The second-order valence-corrected chi connectivity index (χ2v) is 2.58. The molecule has 0 bridgehead atoms. The quantitative estimate of drug-likeness (QED) is 0.622. The molecule has 6 heteroatoms. The lowest BCUT2D eigenvalue weighted by atomic mass is 10.1. The van der Waals surface area contributed by atoms with Gasteiger partial charge in [0, 0.05) is 6.07 Å². The molecule has 78 valence electrons. The molecule has 2 N–H and O–H groups in total. The van der Waals surface area contributed by atoms with Crippen LogP contribution in [0.15, 0.2) is 18.2 Å². The van der Waals surface area contributed by atoms with Crippen molar-refractivity contribution >= 4 is 18.1 Å². The molecule has 1 aromatic rings. The average Bonchev–Trinajstić information content (AvgIpc) is 2.08. The number of nitrogens with two attached hydrogens (primary N) is 1. The molecule has 0 aromatic heterocycles. The number of rotatable bonds is 3. The second kappa shape index (κ2) is 5.51. The second-order valence-electron chi connectivity index (χ2n) is 2.58. The Labute approximate surface area is 86.5 Å². The first-order chi connectivity index (χ1) is 6.15. The topological polar surface area (TPSA) is 69.2 Å². The van der Waals surface area contributed by atoms with E-state index in [1.807, 2.05) is 0 Å². The normalized spacial score (nSPS) is 9.29. The summed E-state index contributed by atoms with van der Waals surface area (Å²) in [6.45, 7) is 0.392. The zero-order valence-corrected chi connectivity index (χ0v) is 8.09. The van der Waals surface area contributed by atoms with Gasteiger partial charge in [0.1, 0.15) is 0 Å². The van der Waals surface area contributed by atoms with Gasteiger partial charge in [-0.2, -0.15) is 4.39 Å². The van der Waals surface area contributed by atoms with Crippen LogP contribution in [0.4, 0.5) is 10.1 Å². The molecule has 0 spiro atoms. The molecular formula is C8H10ClFN2O2. The third-order valence-corrected chi connectivity index (χ3v) is 1.64. The van der Waals surface area contributed by atoms with Crippen LogP contribution < -0.4 is 5.73 Å². The van der Waals surface area contributed by atoms with Crippen molar-refractivity contribution in [3.63, 3.8) is 0 Å². The Bertz CT molecular complexity index is 333. The summed E-state index contributed by atoms with van der Waals surface area (Å²) < 4.78 is 12.8. The van der Waals surface area contributed by atoms with Gasteiger partial charge in [0.15, 0.2) is 0 Å². The zero-order valence-electron chi connectivity index (χ0n) is 7.27. The van der Waals surface area contributed by atoms with Crippen molar-refractivity contribution in [1.82, 2.24) is 0 Å². The van der Waals surface area contributed by atoms with Gasteiger partial charge in [0.2, 0.25) is 5.82 Å². The first-order valence-electron chi connectivity index (χ1n) is 3.78. The van der Waals surface area contributed by atoms with Crippen LogP contribution in [-0.4, -0.2) is 11.5 Å². The van der Waals surface area contributed by atoms with Gasteiger partial charge in [-0.1, -0.05) is 6.07 Å². The molecule has 0 atom stereocenters. The van der Waals surface area contributed by atoms with Crippen LogP contribution in [-0.2, 0) is 6.42 Å². The monoisotopic (exact) mass is 220 g/mol. The fraction of sp³-hybridized carbons (Fsp3) is 0.250. The van der Waals surface area contributed by atoms with Gasteiger partial charge in [0.05, 0.1) is 4.92 Å². The molecule has 0 unspecified atom stereocenters. The van der Waals surface area contributed by atoms with Crippen molar-refractivity contribution in [2.24, 2.45) is 5.73 Å². The Balaban J connectivity index is 0.00000169. The van der Waals surface area contributed by atoms with E-state index in [1.54, 1.807) is 0 Å². The summed E-state index contributed by atoms with van der Waals surface area (Å²) in [7, 11) is 0. The maximum atomic E-state index is 12.8. The zero-order chi connectivity index (χ0) is 9.84. The van der Waals surface area contributed by atoms with Crippen molar-refractivity contribution in [3.8, 4) is 0 Å². The molecule has 0 aliphatic carbocycles. The van der Waals surface area contributed by atoms with Crippen molar-refractivity contribution < 1.29 is 9.31 Å². The molecule has 0 aliphatic heterocycles. The fourth-order valence-corrected chi connectivity index (χ4v) is 1.02. The van der Waals surface area contributed by atoms with Gasteiger partial charge in [-0.05, 0) is 24.6 Å². The molecule has 0 saturated carbocycles. The van der Waals surface area contributed by atoms with E-state index in [-0.39, 0.29) is 12.4 Å². The van der Waals surface area contributed by atoms with Crippen molar-refractivity contribution in [2.45, 2.75) is 6.42 Å². The van der Waals surface area contributed by atoms with E-state index in [9.17, 15) is 14.5 Å². The third-order valence-electron chi connectivity index (χ3n) is 1.64. The van der Waals surface area contributed by atoms with Crippen LogP contribution in [0.2, 0.25) is 0 Å². The summed E-state index contributed by atoms with van der Waals surface area (Å²) in [5.74, 6) is -0.814. The van der Waals surface area contributed by atoms with Crippen LogP contribution in [0.3, 0.4) is 0 Å². The van der Waals surface area contributed by atoms with Gasteiger partial charge in [-0.3, -0.25) is 10.1 Å². The first-order valence-corrected chi connectivity index (χ1v) is 3.78. The predicted molar refractivity (Wildman–Crippen MR) is 53.1 cm³/mol. The molecule has 1 rings (SSSR count). The molecule has 0 radical (unpaired) electrons. The lowest BCUT2D eigenvalue weighted by Crippen LogP contribution is -2.03. The number of nitro groups is 1. The van der Waals surface area contributed by atoms with Crippen LogP contribution in [0.1, 0.15) is 5.56 Å². The summed E-state index contributed by atoms with van der Waals surface area (Å²) >= 11 is 0. The SMILES string of the molecule is Cl.NCCc1ccc(F)c([N+](=O)[O-])c1. The summed E-state index contributed by atoms with van der Waals surface area (Å²) in [5, 5.41) is 10.3. The minimum Gasteiger partial charge on any atom is -0.330 e. The fourth-order valence-electron chi connectivity index (χ4n) is 1.02. The van der Waals surface area contributed by atoms with Crippen LogP contribution >= 0.6 is 12.4 Å². The van der Waals surface area contributed by atoms with Gasteiger partial charge >= 0.3 is 5.69 Å². The van der Waals surface area contributed by atoms with E-state index < -0.39 is 16.4 Å². The summed E-state index contributed by atoms with van der Waals surface area (Å²) in [6.07, 6.45) is 0.515. The van der Waals surface area contributed by atoms with Gasteiger partial charge in [-0.15, -0.1) is 12.4 Å². The number of nitrogens with zero attached hydrogens (tertiary/aromatic N) is 1. The maximum Gasteiger partial charge on any atom is 0.305 e. The van der Waals surface area contributed by atoms with E-state index in [1.165, 1.54) is 12.1 Å². The lowest BCUT2D eigenvalue weighted by Gasteiger charge is -1.98. The Morgan fingerprint density at radius 3 is 2.64 bits per heavy atom. The smallest absolute Gasteiger partial charge is 0.305 e. The van der Waals surface area contributed by atoms with Gasteiger partial charge in [0.25, 0.3) is 0 Å².